The van der Waals surface area contributed by atoms with Gasteiger partial charge in [-0.05, 0) is 61.2 Å². The molecular formula is C30H38N2O6. The minimum Gasteiger partial charge on any atom is -0.507 e. The first-order chi connectivity index (χ1) is 18.4. The summed E-state index contributed by atoms with van der Waals surface area (Å²) < 4.78 is 16.9. The van der Waals surface area contributed by atoms with E-state index in [0.717, 1.165) is 48.6 Å². The number of aliphatic hydroxyl groups excluding tert-OH is 1. The summed E-state index contributed by atoms with van der Waals surface area (Å²) in [7, 11) is 0. The molecule has 0 saturated carbocycles. The topological polar surface area (TPSA) is 88.5 Å². The van der Waals surface area contributed by atoms with Crippen LogP contribution in [0.15, 0.2) is 48.0 Å². The van der Waals surface area contributed by atoms with Crippen LogP contribution in [0.4, 0.5) is 0 Å². The molecule has 0 spiro atoms. The van der Waals surface area contributed by atoms with Crippen LogP contribution in [-0.2, 0) is 14.3 Å². The molecule has 0 radical (unpaired) electrons. The molecule has 1 N–H and O–H groups in total. The highest BCUT2D eigenvalue weighted by Crippen LogP contribution is 2.40. The van der Waals surface area contributed by atoms with Crippen molar-refractivity contribution in [2.45, 2.75) is 39.7 Å². The van der Waals surface area contributed by atoms with E-state index in [4.69, 9.17) is 14.2 Å². The second-order valence-corrected chi connectivity index (χ2v) is 9.69. The molecule has 4 rings (SSSR count). The highest BCUT2D eigenvalue weighted by molar-refractivity contribution is 6.46. The van der Waals surface area contributed by atoms with Gasteiger partial charge in [-0.2, -0.15) is 0 Å². The van der Waals surface area contributed by atoms with Crippen LogP contribution in [0.2, 0.25) is 0 Å². The Kier molecular flexibility index (Phi) is 9.42. The molecule has 8 nitrogen and oxygen atoms in total. The average Bonchev–Trinajstić information content (AvgIpc) is 3.19. The Balaban J connectivity index is 1.70. The first kappa shape index (κ1) is 27.7. The second kappa shape index (κ2) is 12.9. The van der Waals surface area contributed by atoms with Crippen LogP contribution in [0.3, 0.4) is 0 Å². The maximum atomic E-state index is 13.4. The lowest BCUT2D eigenvalue weighted by Gasteiger charge is -2.31. The predicted octanol–water partition coefficient (Wildman–Crippen LogP) is 4.33. The summed E-state index contributed by atoms with van der Waals surface area (Å²) in [6, 6.07) is 12.0. The number of benzene rings is 2. The fourth-order valence-electron chi connectivity index (χ4n) is 4.82. The van der Waals surface area contributed by atoms with Crippen molar-refractivity contribution in [2.24, 2.45) is 0 Å². The van der Waals surface area contributed by atoms with E-state index in [1.165, 1.54) is 0 Å². The number of ketones is 1. The van der Waals surface area contributed by atoms with Gasteiger partial charge in [-0.25, -0.2) is 0 Å². The summed E-state index contributed by atoms with van der Waals surface area (Å²) in [4.78, 5) is 30.5. The minimum absolute atomic E-state index is 0.0980. The average molecular weight is 523 g/mol. The molecule has 1 atom stereocenters. The highest BCUT2D eigenvalue weighted by atomic mass is 16.5. The number of rotatable bonds is 11. The summed E-state index contributed by atoms with van der Waals surface area (Å²) >= 11 is 0. The number of aliphatic hydroxyl groups is 1. The Morgan fingerprint density at radius 3 is 2.32 bits per heavy atom. The van der Waals surface area contributed by atoms with Gasteiger partial charge in [-0.1, -0.05) is 26.0 Å². The van der Waals surface area contributed by atoms with Crippen LogP contribution in [0.5, 0.6) is 11.5 Å². The van der Waals surface area contributed by atoms with E-state index in [1.807, 2.05) is 45.0 Å². The Morgan fingerprint density at radius 2 is 1.66 bits per heavy atom. The van der Waals surface area contributed by atoms with Crippen molar-refractivity contribution in [3.8, 4) is 11.5 Å². The van der Waals surface area contributed by atoms with Gasteiger partial charge in [-0.15, -0.1) is 0 Å². The summed E-state index contributed by atoms with van der Waals surface area (Å²) in [5, 5.41) is 11.4. The van der Waals surface area contributed by atoms with Gasteiger partial charge >= 0.3 is 0 Å². The Labute approximate surface area is 224 Å². The van der Waals surface area contributed by atoms with Crippen molar-refractivity contribution in [1.29, 1.82) is 0 Å². The maximum absolute atomic E-state index is 13.4. The van der Waals surface area contributed by atoms with Crippen molar-refractivity contribution in [3.63, 3.8) is 0 Å². The van der Waals surface area contributed by atoms with Crippen LogP contribution >= 0.6 is 0 Å². The molecule has 2 aromatic rings. The Bertz CT molecular complexity index is 1150. The van der Waals surface area contributed by atoms with E-state index < -0.39 is 17.7 Å². The maximum Gasteiger partial charge on any atom is 0.295 e. The summed E-state index contributed by atoms with van der Waals surface area (Å²) in [6.45, 7) is 11.0. The molecule has 2 aromatic carbocycles. The quantitative estimate of drug-likeness (QED) is 0.267. The number of hydrogen-bond acceptors (Lipinski definition) is 7. The third kappa shape index (κ3) is 6.19. The standard InChI is InChI=1S/C30H38N2O6/c1-4-16-37-24-9-6-22(7-10-24)27-26(28(33)23-8-11-25(21(3)20-23)38-17-5-2)29(34)30(35)32(27)13-12-31-14-18-36-19-15-31/h6-11,20,27,33H,4-5,12-19H2,1-3H3/b28-26+. The molecule has 1 unspecified atom stereocenters. The largest absolute Gasteiger partial charge is 0.507 e. The van der Waals surface area contributed by atoms with Crippen LogP contribution in [0.25, 0.3) is 5.76 Å². The zero-order valence-corrected chi connectivity index (χ0v) is 22.6. The van der Waals surface area contributed by atoms with Gasteiger partial charge in [0.15, 0.2) is 0 Å². The molecule has 1 amide bonds. The smallest absolute Gasteiger partial charge is 0.295 e. The number of carbonyl (C=O) groups is 2. The lowest BCUT2D eigenvalue weighted by Crippen LogP contribution is -2.42. The van der Waals surface area contributed by atoms with Crippen LogP contribution in [-0.4, -0.2) is 79.2 Å². The number of aryl methyl sites for hydroxylation is 1. The Hall–Kier alpha value is -3.36. The zero-order valence-electron chi connectivity index (χ0n) is 22.6. The number of morpholine rings is 1. The summed E-state index contributed by atoms with van der Waals surface area (Å²) in [6.07, 6.45) is 1.78. The van der Waals surface area contributed by atoms with Gasteiger partial charge in [0.05, 0.1) is 38.0 Å². The van der Waals surface area contributed by atoms with Gasteiger partial charge in [0.2, 0.25) is 0 Å². The number of Topliss-reactive ketones (excluding diaryl/α,β-unsaturated/α-hetero) is 1. The van der Waals surface area contributed by atoms with Crippen molar-refractivity contribution >= 4 is 17.4 Å². The van der Waals surface area contributed by atoms with Gasteiger partial charge in [0.25, 0.3) is 11.7 Å². The third-order valence-corrected chi connectivity index (χ3v) is 6.88. The lowest BCUT2D eigenvalue weighted by molar-refractivity contribution is -0.140. The van der Waals surface area contributed by atoms with Crippen molar-refractivity contribution < 1.29 is 28.9 Å². The van der Waals surface area contributed by atoms with Crippen molar-refractivity contribution in [3.05, 3.63) is 64.7 Å². The van der Waals surface area contributed by atoms with E-state index in [2.05, 4.69) is 4.90 Å². The van der Waals surface area contributed by atoms with Crippen molar-refractivity contribution in [1.82, 2.24) is 9.80 Å². The van der Waals surface area contributed by atoms with Crippen molar-refractivity contribution in [2.75, 3.05) is 52.6 Å². The monoisotopic (exact) mass is 522 g/mol. The number of carbonyl (C=O) groups excluding carboxylic acids is 2. The second-order valence-electron chi connectivity index (χ2n) is 9.69. The van der Waals surface area contributed by atoms with E-state index >= 15 is 0 Å². The number of amides is 1. The molecule has 204 valence electrons. The molecule has 0 bridgehead atoms. The molecule has 2 aliphatic heterocycles. The Morgan fingerprint density at radius 1 is 0.974 bits per heavy atom. The predicted molar refractivity (Wildman–Crippen MR) is 145 cm³/mol. The van der Waals surface area contributed by atoms with Gasteiger partial charge in [-0.3, -0.25) is 14.5 Å². The normalized spacial score (nSPS) is 19.7. The first-order valence-electron chi connectivity index (χ1n) is 13.5. The molecule has 0 aromatic heterocycles. The van der Waals surface area contributed by atoms with E-state index in [0.29, 0.717) is 45.1 Å². The minimum atomic E-state index is -0.701. The molecule has 2 fully saturated rings. The molecule has 2 heterocycles. The van der Waals surface area contributed by atoms with E-state index in [9.17, 15) is 14.7 Å². The summed E-state index contributed by atoms with van der Waals surface area (Å²) in [5.74, 6) is -0.00750. The molecule has 2 saturated heterocycles. The number of likely N-dealkylation sites (tertiary alicyclic amines) is 1. The van der Waals surface area contributed by atoms with Gasteiger partial charge in [0.1, 0.15) is 17.3 Å². The molecule has 8 heteroatoms. The van der Waals surface area contributed by atoms with Crippen LogP contribution in [0, 0.1) is 6.92 Å². The molecule has 38 heavy (non-hydrogen) atoms. The lowest BCUT2D eigenvalue weighted by atomic mass is 9.94. The third-order valence-electron chi connectivity index (χ3n) is 6.88. The van der Waals surface area contributed by atoms with E-state index in [1.54, 1.807) is 23.1 Å². The van der Waals surface area contributed by atoms with Crippen LogP contribution < -0.4 is 9.47 Å². The first-order valence-corrected chi connectivity index (χ1v) is 13.5. The number of nitrogens with zero attached hydrogens (tertiary/aromatic N) is 2. The highest BCUT2D eigenvalue weighted by Gasteiger charge is 2.46. The molecular weight excluding hydrogens is 484 g/mol. The van der Waals surface area contributed by atoms with Crippen LogP contribution in [0.1, 0.15) is 49.4 Å². The zero-order chi connectivity index (χ0) is 27.1. The fourth-order valence-corrected chi connectivity index (χ4v) is 4.82. The van der Waals surface area contributed by atoms with Gasteiger partial charge < -0.3 is 24.2 Å². The molecule has 0 aliphatic carbocycles. The summed E-state index contributed by atoms with van der Waals surface area (Å²) in [5.41, 5.74) is 2.17. The van der Waals surface area contributed by atoms with E-state index in [-0.39, 0.29) is 11.3 Å². The number of ether oxygens (including phenoxy) is 3. The number of hydrogen-bond donors (Lipinski definition) is 1. The van der Waals surface area contributed by atoms with Gasteiger partial charge in [0, 0.05) is 31.7 Å². The SMILES string of the molecule is CCCOc1ccc(C2/C(=C(\O)c3ccc(OCCC)c(C)c3)C(=O)C(=O)N2CCN2CCOCC2)cc1. The molecule has 2 aliphatic rings. The fraction of sp³-hybridized carbons (Fsp3) is 0.467.